The van der Waals surface area contributed by atoms with Gasteiger partial charge in [-0.1, -0.05) is 19.7 Å². The molecule has 0 saturated carbocycles. The predicted octanol–water partition coefficient (Wildman–Crippen LogP) is 1.87. The predicted molar refractivity (Wildman–Crippen MR) is 71.1 cm³/mol. The van der Waals surface area contributed by atoms with E-state index in [0.717, 1.165) is 18.2 Å². The Morgan fingerprint density at radius 3 is 1.15 bits per heavy atom. The summed E-state index contributed by atoms with van der Waals surface area (Å²) < 4.78 is 14.9. The number of carbonyl (C=O) groups excluding carboxylic acids is 3. The minimum Gasteiger partial charge on any atom is -0.384 e. The Labute approximate surface area is 117 Å². The first-order valence-electron chi connectivity index (χ1n) is 5.68. The molecule has 6 nitrogen and oxygen atoms in total. The smallest absolute Gasteiger partial charge is 0.384 e. The Hall–Kier alpha value is -2.37. The maximum atomic E-state index is 11.4. The molecule has 0 rings (SSSR count). The van der Waals surface area contributed by atoms with Crippen molar-refractivity contribution in [2.24, 2.45) is 5.41 Å². The van der Waals surface area contributed by atoms with Crippen LogP contribution in [0.3, 0.4) is 0 Å². The average molecular weight is 282 g/mol. The minimum absolute atomic E-state index is 0.851. The highest BCUT2D eigenvalue weighted by molar-refractivity contribution is 5.85. The van der Waals surface area contributed by atoms with Gasteiger partial charge < -0.3 is 14.2 Å². The molecule has 0 amide bonds. The molecule has 0 aromatic heterocycles. The van der Waals surface area contributed by atoms with Crippen LogP contribution >= 0.6 is 0 Å². The van der Waals surface area contributed by atoms with Gasteiger partial charge in [0, 0.05) is 18.2 Å². The van der Waals surface area contributed by atoms with Gasteiger partial charge in [-0.25, -0.2) is 14.4 Å². The van der Waals surface area contributed by atoms with Gasteiger partial charge in [0.15, 0.2) is 0 Å². The molecule has 0 saturated heterocycles. The molecule has 110 valence electrons. The summed E-state index contributed by atoms with van der Waals surface area (Å²) in [6.45, 7) is 14.3. The molecule has 0 aromatic rings. The third kappa shape index (κ3) is 4.38. The van der Waals surface area contributed by atoms with Crippen molar-refractivity contribution in [2.45, 2.75) is 26.7 Å². The van der Waals surface area contributed by atoms with Crippen LogP contribution in [0.1, 0.15) is 20.8 Å². The lowest BCUT2D eigenvalue weighted by molar-refractivity contribution is -0.366. The summed E-state index contributed by atoms with van der Waals surface area (Å²) in [4.78, 5) is 34.3. The van der Waals surface area contributed by atoms with E-state index in [0.29, 0.717) is 0 Å². The summed E-state index contributed by atoms with van der Waals surface area (Å²) in [5, 5.41) is 0. The standard InChI is InChI=1S/C14H18O6/c1-7-10(15)18-14(13(4,5)6,19-11(16)8-2)20-12(17)9-3/h7-9H,1-3H2,4-6H3. The van der Waals surface area contributed by atoms with Crippen molar-refractivity contribution in [1.82, 2.24) is 0 Å². The number of esters is 3. The Kier molecular flexibility index (Phi) is 5.90. The van der Waals surface area contributed by atoms with Crippen LogP contribution in [0.2, 0.25) is 0 Å². The van der Waals surface area contributed by atoms with E-state index in [-0.39, 0.29) is 0 Å². The summed E-state index contributed by atoms with van der Waals surface area (Å²) in [5.41, 5.74) is -1.07. The van der Waals surface area contributed by atoms with E-state index in [1.807, 2.05) is 0 Å². The van der Waals surface area contributed by atoms with Crippen LogP contribution in [0.4, 0.5) is 0 Å². The second kappa shape index (κ2) is 6.70. The van der Waals surface area contributed by atoms with E-state index in [1.54, 1.807) is 20.8 Å². The molecule has 0 radical (unpaired) electrons. The SMILES string of the molecule is C=CC(=O)OC(OC(=O)C=C)(OC(=O)C=C)C(C)(C)C. The van der Waals surface area contributed by atoms with Crippen molar-refractivity contribution in [1.29, 1.82) is 0 Å². The van der Waals surface area contributed by atoms with Crippen LogP contribution in [-0.4, -0.2) is 23.9 Å². The number of carbonyl (C=O) groups is 3. The zero-order valence-corrected chi connectivity index (χ0v) is 11.8. The van der Waals surface area contributed by atoms with E-state index in [9.17, 15) is 14.4 Å². The molecule has 0 aliphatic heterocycles. The number of ether oxygens (including phenoxy) is 3. The third-order valence-corrected chi connectivity index (χ3v) is 2.12. The molecule has 0 fully saturated rings. The Morgan fingerprint density at radius 2 is 1.00 bits per heavy atom. The van der Waals surface area contributed by atoms with Crippen LogP contribution in [-0.2, 0) is 28.6 Å². The number of hydrogen-bond acceptors (Lipinski definition) is 6. The monoisotopic (exact) mass is 282 g/mol. The maximum Gasteiger partial charge on any atom is 0.429 e. The van der Waals surface area contributed by atoms with Gasteiger partial charge in [-0.2, -0.15) is 0 Å². The van der Waals surface area contributed by atoms with Crippen molar-refractivity contribution < 1.29 is 28.6 Å². The van der Waals surface area contributed by atoms with E-state index in [1.165, 1.54) is 0 Å². The molecule has 0 spiro atoms. The summed E-state index contributed by atoms with van der Waals surface area (Å²) in [7, 11) is 0. The van der Waals surface area contributed by atoms with Crippen molar-refractivity contribution in [3.05, 3.63) is 38.0 Å². The molecule has 6 heteroatoms. The highest BCUT2D eigenvalue weighted by Gasteiger charge is 2.53. The molecular formula is C14H18O6. The summed E-state index contributed by atoms with van der Waals surface area (Å²) in [6.07, 6.45) is 2.55. The first kappa shape index (κ1) is 17.6. The molecule has 0 atom stereocenters. The quantitative estimate of drug-likeness (QED) is 0.420. The molecule has 0 bridgehead atoms. The van der Waals surface area contributed by atoms with Gasteiger partial charge in [-0.15, -0.1) is 0 Å². The van der Waals surface area contributed by atoms with Crippen LogP contribution in [0, 0.1) is 5.41 Å². The number of rotatable bonds is 6. The van der Waals surface area contributed by atoms with Crippen molar-refractivity contribution in [3.8, 4) is 0 Å². The average Bonchev–Trinajstić information content (AvgIpc) is 2.36. The van der Waals surface area contributed by atoms with Crippen molar-refractivity contribution >= 4 is 17.9 Å². The van der Waals surface area contributed by atoms with Gasteiger partial charge in [0.1, 0.15) is 0 Å². The van der Waals surface area contributed by atoms with Crippen molar-refractivity contribution in [2.75, 3.05) is 0 Å². The third-order valence-electron chi connectivity index (χ3n) is 2.12. The lowest BCUT2D eigenvalue weighted by atomic mass is 9.92. The second-order valence-electron chi connectivity index (χ2n) is 4.68. The van der Waals surface area contributed by atoms with Gasteiger partial charge in [0.25, 0.3) is 0 Å². The summed E-state index contributed by atoms with van der Waals surface area (Å²) in [6, 6.07) is 0. The molecule has 0 aliphatic rings. The van der Waals surface area contributed by atoms with Gasteiger partial charge in [0.2, 0.25) is 0 Å². The first-order valence-corrected chi connectivity index (χ1v) is 5.68. The van der Waals surface area contributed by atoms with Crippen LogP contribution in [0.25, 0.3) is 0 Å². The Balaban J connectivity index is 5.73. The molecular weight excluding hydrogens is 264 g/mol. The summed E-state index contributed by atoms with van der Waals surface area (Å²) in [5.74, 6) is -5.02. The molecule has 0 heterocycles. The normalized spacial score (nSPS) is 10.9. The zero-order valence-electron chi connectivity index (χ0n) is 11.8. The van der Waals surface area contributed by atoms with E-state index >= 15 is 0 Å². The molecule has 20 heavy (non-hydrogen) atoms. The zero-order chi connectivity index (χ0) is 16.0. The first-order chi connectivity index (χ1) is 9.11. The van der Waals surface area contributed by atoms with Gasteiger partial charge >= 0.3 is 23.9 Å². The molecule has 0 aliphatic carbocycles. The number of hydrogen-bond donors (Lipinski definition) is 0. The van der Waals surface area contributed by atoms with Gasteiger partial charge in [0.05, 0.1) is 5.41 Å². The fraction of sp³-hybridized carbons (Fsp3) is 0.357. The highest BCUT2D eigenvalue weighted by atomic mass is 16.9. The van der Waals surface area contributed by atoms with E-state index in [2.05, 4.69) is 19.7 Å². The highest BCUT2D eigenvalue weighted by Crippen LogP contribution is 2.37. The van der Waals surface area contributed by atoms with Gasteiger partial charge in [-0.05, 0) is 20.8 Å². The molecule has 0 aromatic carbocycles. The minimum atomic E-state index is -2.26. The lowest BCUT2D eigenvalue weighted by Crippen LogP contribution is -2.53. The van der Waals surface area contributed by atoms with Crippen LogP contribution < -0.4 is 0 Å². The second-order valence-corrected chi connectivity index (χ2v) is 4.68. The van der Waals surface area contributed by atoms with E-state index in [4.69, 9.17) is 14.2 Å². The fourth-order valence-corrected chi connectivity index (χ4v) is 1.04. The van der Waals surface area contributed by atoms with Gasteiger partial charge in [-0.3, -0.25) is 0 Å². The maximum absolute atomic E-state index is 11.4. The van der Waals surface area contributed by atoms with Crippen LogP contribution in [0.15, 0.2) is 38.0 Å². The molecule has 0 N–H and O–H groups in total. The largest absolute Gasteiger partial charge is 0.429 e. The topological polar surface area (TPSA) is 78.9 Å². The van der Waals surface area contributed by atoms with Crippen LogP contribution in [0.5, 0.6) is 0 Å². The Bertz CT molecular complexity index is 386. The van der Waals surface area contributed by atoms with E-state index < -0.39 is 29.3 Å². The summed E-state index contributed by atoms with van der Waals surface area (Å²) >= 11 is 0. The van der Waals surface area contributed by atoms with Crippen molar-refractivity contribution in [3.63, 3.8) is 0 Å². The Morgan fingerprint density at radius 1 is 0.750 bits per heavy atom. The molecule has 0 unspecified atom stereocenters. The fourth-order valence-electron chi connectivity index (χ4n) is 1.04. The lowest BCUT2D eigenvalue weighted by Gasteiger charge is -2.39.